The largest absolute Gasteiger partial charge is 0.459 e. The maximum atomic E-state index is 14.2. The van der Waals surface area contributed by atoms with Gasteiger partial charge in [-0.05, 0) is 34.2 Å². The van der Waals surface area contributed by atoms with Crippen molar-refractivity contribution >= 4 is 41.0 Å². The van der Waals surface area contributed by atoms with E-state index in [1.165, 1.54) is 18.2 Å². The summed E-state index contributed by atoms with van der Waals surface area (Å²) in [5, 5.41) is 0. The molecule has 0 saturated carbocycles. The Bertz CT molecular complexity index is 1380. The highest BCUT2D eigenvalue weighted by atomic mass is 35.5. The Morgan fingerprint density at radius 2 is 1.26 bits per heavy atom. The van der Waals surface area contributed by atoms with Gasteiger partial charge in [-0.25, -0.2) is 9.18 Å². The molecule has 3 aromatic rings. The van der Waals surface area contributed by atoms with Gasteiger partial charge in [-0.15, -0.1) is 23.2 Å². The fourth-order valence-electron chi connectivity index (χ4n) is 6.49. The number of hydrogen-bond acceptors (Lipinski definition) is 4. The SMILES string of the molecule is CC(C)[C@@H](C(=O)OCc1ccccc1F)N1C(=O)[C@H]2[C@H](C1=O)C1(Cl)c3ccccc3C2(Cl)c2ccccc21. The van der Waals surface area contributed by atoms with E-state index >= 15 is 0 Å². The lowest BCUT2D eigenvalue weighted by Gasteiger charge is -2.54. The third-order valence-electron chi connectivity index (χ3n) is 8.10. The Kier molecular flexibility index (Phi) is 5.71. The number of imide groups is 1. The van der Waals surface area contributed by atoms with Gasteiger partial charge < -0.3 is 4.74 Å². The van der Waals surface area contributed by atoms with Gasteiger partial charge in [-0.3, -0.25) is 14.5 Å². The van der Waals surface area contributed by atoms with Crippen LogP contribution in [-0.4, -0.2) is 28.7 Å². The monoisotopic (exact) mass is 551 g/mol. The van der Waals surface area contributed by atoms with Crippen LogP contribution in [0.2, 0.25) is 0 Å². The van der Waals surface area contributed by atoms with Gasteiger partial charge in [0.15, 0.2) is 0 Å². The van der Waals surface area contributed by atoms with Gasteiger partial charge in [0.05, 0.1) is 11.8 Å². The molecule has 3 atom stereocenters. The van der Waals surface area contributed by atoms with Crippen molar-refractivity contribution in [1.82, 2.24) is 4.90 Å². The second kappa shape index (κ2) is 8.65. The summed E-state index contributed by atoms with van der Waals surface area (Å²) < 4.78 is 19.6. The van der Waals surface area contributed by atoms with Crippen molar-refractivity contribution < 1.29 is 23.5 Å². The third kappa shape index (κ3) is 3.13. The van der Waals surface area contributed by atoms with Crippen LogP contribution in [-0.2, 0) is 35.5 Å². The number of halogens is 3. The first-order chi connectivity index (χ1) is 18.1. The molecule has 7 rings (SSSR count). The van der Waals surface area contributed by atoms with Gasteiger partial charge in [-0.2, -0.15) is 0 Å². The van der Waals surface area contributed by atoms with E-state index in [0.717, 1.165) is 4.90 Å². The van der Waals surface area contributed by atoms with Crippen molar-refractivity contribution in [2.45, 2.75) is 36.2 Å². The number of benzene rings is 3. The highest BCUT2D eigenvalue weighted by molar-refractivity contribution is 6.36. The summed E-state index contributed by atoms with van der Waals surface area (Å²) >= 11 is 14.9. The standard InChI is InChI=1S/C30H24Cl2FNO4/c1-16(2)25(28(37)38-15-17-9-3-8-14-22(17)33)34-26(35)23-24(27(34)36)30(32)19-11-5-4-10-18(19)29(23,31)20-12-6-7-13-21(20)30/h3-14,16,23-25H,15H2,1-2H3/t23-,24-,25+,29?,30?/m1/s1. The third-order valence-corrected chi connectivity index (χ3v) is 9.38. The van der Waals surface area contributed by atoms with E-state index in [1.54, 1.807) is 19.9 Å². The topological polar surface area (TPSA) is 63.7 Å². The molecule has 38 heavy (non-hydrogen) atoms. The van der Waals surface area contributed by atoms with Crippen molar-refractivity contribution in [3.8, 4) is 0 Å². The first kappa shape index (κ1) is 25.1. The molecule has 8 heteroatoms. The van der Waals surface area contributed by atoms with E-state index in [4.69, 9.17) is 27.9 Å². The number of alkyl halides is 2. The average molecular weight is 552 g/mol. The van der Waals surface area contributed by atoms with Crippen molar-refractivity contribution in [3.63, 3.8) is 0 Å². The molecule has 2 bridgehead atoms. The molecule has 2 amide bonds. The van der Waals surface area contributed by atoms with Crippen LogP contribution in [0, 0.1) is 23.6 Å². The number of nitrogens with zero attached hydrogens (tertiary/aromatic N) is 1. The smallest absolute Gasteiger partial charge is 0.329 e. The van der Waals surface area contributed by atoms with Gasteiger partial charge in [0.2, 0.25) is 11.8 Å². The van der Waals surface area contributed by atoms with Gasteiger partial charge >= 0.3 is 5.97 Å². The Balaban J connectivity index is 1.43. The summed E-state index contributed by atoms with van der Waals surface area (Å²) in [7, 11) is 0. The second-order valence-electron chi connectivity index (χ2n) is 10.4. The lowest BCUT2D eigenvalue weighted by atomic mass is 9.54. The normalized spacial score (nSPS) is 27.7. The maximum Gasteiger partial charge on any atom is 0.329 e. The summed E-state index contributed by atoms with van der Waals surface area (Å²) in [5.41, 5.74) is 2.93. The minimum Gasteiger partial charge on any atom is -0.459 e. The molecule has 0 unspecified atom stereocenters. The van der Waals surface area contributed by atoms with E-state index in [9.17, 15) is 18.8 Å². The highest BCUT2D eigenvalue weighted by Crippen LogP contribution is 2.69. The van der Waals surface area contributed by atoms with E-state index in [2.05, 4.69) is 0 Å². The molecular weight excluding hydrogens is 528 g/mol. The molecule has 0 radical (unpaired) electrons. The summed E-state index contributed by atoms with van der Waals surface area (Å²) in [6, 6.07) is 19.4. The first-order valence-electron chi connectivity index (χ1n) is 12.5. The van der Waals surface area contributed by atoms with Crippen LogP contribution in [0.1, 0.15) is 41.7 Å². The number of likely N-dealkylation sites (tertiary alicyclic amines) is 1. The Hall–Kier alpha value is -3.22. The lowest BCUT2D eigenvalue weighted by molar-refractivity contribution is -0.162. The van der Waals surface area contributed by atoms with Crippen LogP contribution < -0.4 is 0 Å². The molecule has 4 aliphatic rings. The Morgan fingerprint density at radius 3 is 1.68 bits per heavy atom. The van der Waals surface area contributed by atoms with Gasteiger partial charge in [0.1, 0.15) is 28.2 Å². The maximum absolute atomic E-state index is 14.2. The van der Waals surface area contributed by atoms with Crippen LogP contribution >= 0.6 is 23.2 Å². The van der Waals surface area contributed by atoms with Crippen molar-refractivity contribution in [3.05, 3.63) is 106 Å². The summed E-state index contributed by atoms with van der Waals surface area (Å²) in [6.45, 7) is 3.12. The molecule has 1 heterocycles. The molecule has 5 nitrogen and oxygen atoms in total. The van der Waals surface area contributed by atoms with Crippen LogP contribution in [0.3, 0.4) is 0 Å². The van der Waals surface area contributed by atoms with E-state index in [0.29, 0.717) is 22.3 Å². The van der Waals surface area contributed by atoms with E-state index < -0.39 is 57.1 Å². The number of esters is 1. The summed E-state index contributed by atoms with van der Waals surface area (Å²) in [5.74, 6) is -4.94. The zero-order chi connectivity index (χ0) is 27.0. The molecule has 1 aliphatic heterocycles. The van der Waals surface area contributed by atoms with Crippen molar-refractivity contribution in [2.75, 3.05) is 0 Å². The minimum atomic E-state index is -1.34. The fourth-order valence-corrected chi connectivity index (χ4v) is 7.59. The Labute approximate surface area is 229 Å². The number of rotatable bonds is 5. The summed E-state index contributed by atoms with van der Waals surface area (Å²) in [6.07, 6.45) is 0. The van der Waals surface area contributed by atoms with Crippen molar-refractivity contribution in [1.29, 1.82) is 0 Å². The van der Waals surface area contributed by atoms with Crippen molar-refractivity contribution in [2.24, 2.45) is 17.8 Å². The summed E-state index contributed by atoms with van der Waals surface area (Å²) in [4.78, 5) is 40.0. The average Bonchev–Trinajstić information content (AvgIpc) is 3.18. The Morgan fingerprint density at radius 1 is 0.842 bits per heavy atom. The van der Waals surface area contributed by atoms with Crippen LogP contribution in [0.25, 0.3) is 0 Å². The van der Waals surface area contributed by atoms with E-state index in [-0.39, 0.29) is 12.2 Å². The zero-order valence-electron chi connectivity index (χ0n) is 20.7. The molecule has 3 aliphatic carbocycles. The number of carbonyl (C=O) groups excluding carboxylic acids is 3. The van der Waals surface area contributed by atoms with Crippen LogP contribution in [0.4, 0.5) is 4.39 Å². The number of amides is 2. The predicted molar refractivity (Wildman–Crippen MR) is 140 cm³/mol. The molecule has 1 fully saturated rings. The van der Waals surface area contributed by atoms with Gasteiger partial charge in [0, 0.05) is 5.56 Å². The number of ether oxygens (including phenoxy) is 1. The fraction of sp³-hybridized carbons (Fsp3) is 0.300. The molecular formula is C30H24Cl2FNO4. The predicted octanol–water partition coefficient (Wildman–Crippen LogP) is 5.49. The van der Waals surface area contributed by atoms with Crippen LogP contribution in [0.5, 0.6) is 0 Å². The highest BCUT2D eigenvalue weighted by Gasteiger charge is 2.74. The molecule has 194 valence electrons. The molecule has 1 saturated heterocycles. The molecule has 0 aromatic heterocycles. The van der Waals surface area contributed by atoms with Gasteiger partial charge in [-0.1, -0.05) is 80.6 Å². The molecule has 0 N–H and O–H groups in total. The van der Waals surface area contributed by atoms with Gasteiger partial charge in [0.25, 0.3) is 0 Å². The minimum absolute atomic E-state index is 0.194. The van der Waals surface area contributed by atoms with E-state index in [1.807, 2.05) is 48.5 Å². The zero-order valence-corrected chi connectivity index (χ0v) is 22.2. The lowest BCUT2D eigenvalue weighted by Crippen LogP contribution is -2.57. The molecule has 0 spiro atoms. The number of carbonyl (C=O) groups is 3. The second-order valence-corrected chi connectivity index (χ2v) is 11.6. The van der Waals surface area contributed by atoms with Crippen LogP contribution in [0.15, 0.2) is 72.8 Å². The molecule has 3 aromatic carbocycles. The first-order valence-corrected chi connectivity index (χ1v) is 13.2. The quantitative estimate of drug-likeness (QED) is 0.239. The number of hydrogen-bond donors (Lipinski definition) is 0.